The number of carbonyl (C=O) groups excluding carboxylic acids is 1. The van der Waals surface area contributed by atoms with E-state index >= 15 is 0 Å². The number of aryl methyl sites for hydroxylation is 2. The summed E-state index contributed by atoms with van der Waals surface area (Å²) < 4.78 is 9.87. The van der Waals surface area contributed by atoms with Crippen LogP contribution in [0.25, 0.3) is 11.3 Å². The first-order chi connectivity index (χ1) is 14.8. The van der Waals surface area contributed by atoms with Crippen molar-refractivity contribution < 1.29 is 9.53 Å². The van der Waals surface area contributed by atoms with Crippen molar-refractivity contribution in [2.45, 2.75) is 33.7 Å². The Kier molecular flexibility index (Phi) is 5.65. The number of benzene rings is 1. The van der Waals surface area contributed by atoms with Gasteiger partial charge in [0.25, 0.3) is 0 Å². The lowest BCUT2D eigenvalue weighted by atomic mass is 10.1. The summed E-state index contributed by atoms with van der Waals surface area (Å²) in [5.74, 6) is -0.385. The van der Waals surface area contributed by atoms with E-state index in [-0.39, 0.29) is 31.2 Å². The molecule has 0 aliphatic carbocycles. The molecular formula is C22H22ClN5O3. The normalized spacial score (nSPS) is 11.2. The van der Waals surface area contributed by atoms with Gasteiger partial charge < -0.3 is 4.74 Å². The van der Waals surface area contributed by atoms with Crippen molar-refractivity contribution in [1.82, 2.24) is 24.0 Å². The molecule has 0 bridgehead atoms. The van der Waals surface area contributed by atoms with Gasteiger partial charge in [-0.25, -0.2) is 14.2 Å². The number of pyridine rings is 1. The van der Waals surface area contributed by atoms with Crippen molar-refractivity contribution in [3.8, 4) is 5.69 Å². The first kappa shape index (κ1) is 20.9. The van der Waals surface area contributed by atoms with E-state index < -0.39 is 0 Å². The standard InChI is InChI=1S/C22H22ClN5O3/c1-14-7-8-17(12-19(14)23)28-16(3)18(15(2)24-28)13-21(29)31-11-10-27-22(30)26-9-5-4-6-20(26)25-27/h4-9,12H,10-11,13H2,1-3H3. The van der Waals surface area contributed by atoms with Gasteiger partial charge in [-0.1, -0.05) is 23.7 Å². The van der Waals surface area contributed by atoms with Crippen molar-refractivity contribution in [1.29, 1.82) is 0 Å². The SMILES string of the molecule is Cc1ccc(-n2nc(C)c(CC(=O)OCCn3nc4ccccn4c3=O)c2C)cc1Cl. The van der Waals surface area contributed by atoms with Gasteiger partial charge in [0.1, 0.15) is 6.61 Å². The average molecular weight is 440 g/mol. The maximum atomic E-state index is 12.4. The molecular weight excluding hydrogens is 418 g/mol. The number of rotatable bonds is 6. The van der Waals surface area contributed by atoms with Crippen LogP contribution in [0, 0.1) is 20.8 Å². The zero-order chi connectivity index (χ0) is 22.1. The number of nitrogens with zero attached hydrogens (tertiary/aromatic N) is 5. The summed E-state index contributed by atoms with van der Waals surface area (Å²) in [4.78, 5) is 24.7. The van der Waals surface area contributed by atoms with E-state index in [0.717, 1.165) is 28.2 Å². The molecule has 0 saturated heterocycles. The van der Waals surface area contributed by atoms with Crippen LogP contribution in [0.4, 0.5) is 0 Å². The Morgan fingerprint density at radius 1 is 1.13 bits per heavy atom. The number of carbonyl (C=O) groups is 1. The molecule has 4 rings (SSSR count). The molecule has 3 aromatic heterocycles. The second-order valence-corrected chi connectivity index (χ2v) is 7.73. The predicted octanol–water partition coefficient (Wildman–Crippen LogP) is 3.05. The van der Waals surface area contributed by atoms with Gasteiger partial charge in [-0.15, -0.1) is 5.10 Å². The van der Waals surface area contributed by atoms with Crippen molar-refractivity contribution in [2.75, 3.05) is 6.61 Å². The Bertz CT molecular complexity index is 1330. The molecule has 0 radical (unpaired) electrons. The van der Waals surface area contributed by atoms with E-state index in [4.69, 9.17) is 16.3 Å². The number of halogens is 1. The van der Waals surface area contributed by atoms with Crippen LogP contribution in [0.15, 0.2) is 47.4 Å². The molecule has 0 atom stereocenters. The van der Waals surface area contributed by atoms with Crippen LogP contribution < -0.4 is 5.69 Å². The van der Waals surface area contributed by atoms with E-state index in [1.54, 1.807) is 23.0 Å². The molecule has 0 N–H and O–H groups in total. The van der Waals surface area contributed by atoms with Crippen molar-refractivity contribution in [3.63, 3.8) is 0 Å². The number of ether oxygens (including phenoxy) is 1. The van der Waals surface area contributed by atoms with E-state index in [9.17, 15) is 9.59 Å². The maximum absolute atomic E-state index is 12.4. The van der Waals surface area contributed by atoms with Crippen LogP contribution >= 0.6 is 11.6 Å². The number of esters is 1. The fourth-order valence-electron chi connectivity index (χ4n) is 3.45. The Hall–Kier alpha value is -3.39. The molecule has 3 heterocycles. The van der Waals surface area contributed by atoms with Crippen molar-refractivity contribution in [3.05, 3.63) is 80.6 Å². The highest BCUT2D eigenvalue weighted by atomic mass is 35.5. The van der Waals surface area contributed by atoms with Crippen LogP contribution in [-0.4, -0.2) is 36.5 Å². The van der Waals surface area contributed by atoms with Gasteiger partial charge >= 0.3 is 11.7 Å². The number of aromatic nitrogens is 5. The lowest BCUT2D eigenvalue weighted by molar-refractivity contribution is -0.143. The van der Waals surface area contributed by atoms with Gasteiger partial charge in [0.15, 0.2) is 5.65 Å². The summed E-state index contributed by atoms with van der Waals surface area (Å²) in [5, 5.41) is 9.44. The molecule has 0 unspecified atom stereocenters. The van der Waals surface area contributed by atoms with E-state index in [1.807, 2.05) is 45.0 Å². The molecule has 0 spiro atoms. The van der Waals surface area contributed by atoms with Gasteiger partial charge in [-0.2, -0.15) is 5.10 Å². The van der Waals surface area contributed by atoms with Crippen LogP contribution in [0.3, 0.4) is 0 Å². The molecule has 0 aliphatic rings. The lowest BCUT2D eigenvalue weighted by Gasteiger charge is -2.08. The monoisotopic (exact) mass is 439 g/mol. The maximum Gasteiger partial charge on any atom is 0.350 e. The average Bonchev–Trinajstić information content (AvgIpc) is 3.21. The van der Waals surface area contributed by atoms with E-state index in [1.165, 1.54) is 9.08 Å². The first-order valence-electron chi connectivity index (χ1n) is 9.86. The molecule has 0 aliphatic heterocycles. The summed E-state index contributed by atoms with van der Waals surface area (Å²) in [5.41, 5.74) is 4.52. The number of fused-ring (bicyclic) bond motifs is 1. The topological polar surface area (TPSA) is 83.4 Å². The minimum Gasteiger partial charge on any atom is -0.463 e. The molecule has 8 nitrogen and oxygen atoms in total. The third-order valence-corrected chi connectivity index (χ3v) is 5.62. The Morgan fingerprint density at radius 3 is 2.68 bits per heavy atom. The summed E-state index contributed by atoms with van der Waals surface area (Å²) in [6, 6.07) is 11.0. The summed E-state index contributed by atoms with van der Waals surface area (Å²) >= 11 is 6.25. The second-order valence-electron chi connectivity index (χ2n) is 7.33. The smallest absolute Gasteiger partial charge is 0.350 e. The zero-order valence-electron chi connectivity index (χ0n) is 17.5. The van der Waals surface area contributed by atoms with Gasteiger partial charge in [0.05, 0.1) is 24.3 Å². The van der Waals surface area contributed by atoms with Gasteiger partial charge in [-0.3, -0.25) is 9.20 Å². The van der Waals surface area contributed by atoms with Crippen molar-refractivity contribution in [2.24, 2.45) is 0 Å². The van der Waals surface area contributed by atoms with Crippen LogP contribution in [0.2, 0.25) is 5.02 Å². The molecule has 0 amide bonds. The highest BCUT2D eigenvalue weighted by molar-refractivity contribution is 6.31. The zero-order valence-corrected chi connectivity index (χ0v) is 18.3. The summed E-state index contributed by atoms with van der Waals surface area (Å²) in [7, 11) is 0. The Morgan fingerprint density at radius 2 is 1.94 bits per heavy atom. The molecule has 31 heavy (non-hydrogen) atoms. The Balaban J connectivity index is 1.42. The molecule has 0 fully saturated rings. The van der Waals surface area contributed by atoms with Crippen LogP contribution in [0.1, 0.15) is 22.5 Å². The largest absolute Gasteiger partial charge is 0.463 e. The number of hydrogen-bond donors (Lipinski definition) is 0. The van der Waals surface area contributed by atoms with Gasteiger partial charge in [0.2, 0.25) is 0 Å². The first-order valence-corrected chi connectivity index (χ1v) is 10.2. The molecule has 4 aromatic rings. The third kappa shape index (κ3) is 4.11. The quantitative estimate of drug-likeness (QED) is 0.431. The lowest BCUT2D eigenvalue weighted by Crippen LogP contribution is -2.24. The molecule has 0 saturated carbocycles. The van der Waals surface area contributed by atoms with Crippen molar-refractivity contribution >= 4 is 23.2 Å². The van der Waals surface area contributed by atoms with E-state index in [2.05, 4.69) is 10.2 Å². The highest BCUT2D eigenvalue weighted by Gasteiger charge is 2.17. The van der Waals surface area contributed by atoms with Crippen LogP contribution in [0.5, 0.6) is 0 Å². The summed E-state index contributed by atoms with van der Waals surface area (Å²) in [6.45, 7) is 5.95. The second kappa shape index (κ2) is 8.39. The summed E-state index contributed by atoms with van der Waals surface area (Å²) in [6.07, 6.45) is 1.74. The fourth-order valence-corrected chi connectivity index (χ4v) is 3.63. The Labute approximate surface area is 183 Å². The predicted molar refractivity (Wildman–Crippen MR) is 117 cm³/mol. The van der Waals surface area contributed by atoms with Crippen LogP contribution in [-0.2, 0) is 22.5 Å². The van der Waals surface area contributed by atoms with E-state index in [0.29, 0.717) is 10.7 Å². The minimum absolute atomic E-state index is 0.0580. The fraction of sp³-hybridized carbons (Fsp3) is 0.273. The van der Waals surface area contributed by atoms with Gasteiger partial charge in [0, 0.05) is 22.5 Å². The third-order valence-electron chi connectivity index (χ3n) is 5.22. The van der Waals surface area contributed by atoms with Gasteiger partial charge in [-0.05, 0) is 50.6 Å². The molecule has 9 heteroatoms. The minimum atomic E-state index is -0.385. The highest BCUT2D eigenvalue weighted by Crippen LogP contribution is 2.23. The molecule has 1 aromatic carbocycles. The molecule has 160 valence electrons. The number of hydrogen-bond acceptors (Lipinski definition) is 5.